The monoisotopic (exact) mass is 438 g/mol. The van der Waals surface area contributed by atoms with Crippen LogP contribution in [0.4, 0.5) is 0 Å². The van der Waals surface area contributed by atoms with E-state index in [4.69, 9.17) is 26.1 Å². The first kappa shape index (κ1) is 21.4. The maximum atomic E-state index is 12.7. The van der Waals surface area contributed by atoms with Crippen molar-refractivity contribution in [2.45, 2.75) is 39.5 Å². The number of ether oxygens (including phenoxy) is 2. The van der Waals surface area contributed by atoms with E-state index in [-0.39, 0.29) is 5.91 Å². The van der Waals surface area contributed by atoms with Gasteiger partial charge in [0.2, 0.25) is 0 Å². The Bertz CT molecular complexity index is 1110. The number of aromatic nitrogens is 1. The van der Waals surface area contributed by atoms with Crippen LogP contribution in [0.15, 0.2) is 36.4 Å². The molecule has 3 aromatic rings. The van der Waals surface area contributed by atoms with Crippen LogP contribution in [0.2, 0.25) is 5.02 Å². The zero-order valence-corrected chi connectivity index (χ0v) is 18.7. The number of pyridine rings is 1. The molecule has 1 aliphatic rings. The van der Waals surface area contributed by atoms with Crippen molar-refractivity contribution in [2.75, 3.05) is 19.8 Å². The van der Waals surface area contributed by atoms with Gasteiger partial charge in [0.05, 0.1) is 23.8 Å². The standard InChI is InChI=1S/C25H27ClN2O3/c1-3-30-22-11-8-16(14-23(22)31-4-2)12-13-27-25(29)17-9-10-19-21(15-17)28-20-7-5-6-18(20)24(19)26/h8-11,14-15H,3-7,12-13H2,1-2H3,(H,27,29). The molecule has 4 rings (SSSR count). The first-order chi connectivity index (χ1) is 15.1. The molecule has 6 heteroatoms. The topological polar surface area (TPSA) is 60.5 Å². The molecule has 162 valence electrons. The van der Waals surface area contributed by atoms with Crippen molar-refractivity contribution >= 4 is 28.4 Å². The quantitative estimate of drug-likeness (QED) is 0.528. The molecule has 0 fully saturated rings. The number of carbonyl (C=O) groups excluding carboxylic acids is 1. The number of amides is 1. The highest BCUT2D eigenvalue weighted by atomic mass is 35.5. The lowest BCUT2D eigenvalue weighted by Gasteiger charge is -2.13. The molecule has 0 atom stereocenters. The van der Waals surface area contributed by atoms with Gasteiger partial charge in [-0.2, -0.15) is 0 Å². The van der Waals surface area contributed by atoms with Gasteiger partial charge >= 0.3 is 0 Å². The molecule has 5 nitrogen and oxygen atoms in total. The van der Waals surface area contributed by atoms with Gasteiger partial charge in [-0.3, -0.25) is 9.78 Å². The van der Waals surface area contributed by atoms with Crippen molar-refractivity contribution in [2.24, 2.45) is 0 Å². The summed E-state index contributed by atoms with van der Waals surface area (Å²) in [6, 6.07) is 11.4. The first-order valence-electron chi connectivity index (χ1n) is 10.9. The van der Waals surface area contributed by atoms with Gasteiger partial charge in [-0.15, -0.1) is 0 Å². The summed E-state index contributed by atoms with van der Waals surface area (Å²) < 4.78 is 11.3. The lowest BCUT2D eigenvalue weighted by molar-refractivity contribution is 0.0954. The van der Waals surface area contributed by atoms with Gasteiger partial charge in [0.15, 0.2) is 11.5 Å². The van der Waals surface area contributed by atoms with Crippen molar-refractivity contribution < 1.29 is 14.3 Å². The molecule has 1 amide bonds. The van der Waals surface area contributed by atoms with Crippen LogP contribution >= 0.6 is 11.6 Å². The Hall–Kier alpha value is -2.79. The zero-order chi connectivity index (χ0) is 21.8. The highest BCUT2D eigenvalue weighted by Crippen LogP contribution is 2.34. The van der Waals surface area contributed by atoms with E-state index in [0.29, 0.717) is 31.7 Å². The molecule has 0 unspecified atom stereocenters. The van der Waals surface area contributed by atoms with Crippen LogP contribution < -0.4 is 14.8 Å². The van der Waals surface area contributed by atoms with Crippen LogP contribution in [0, 0.1) is 0 Å². The molecular weight excluding hydrogens is 412 g/mol. The van der Waals surface area contributed by atoms with E-state index in [1.54, 1.807) is 0 Å². The lowest BCUT2D eigenvalue weighted by Crippen LogP contribution is -2.25. The number of benzene rings is 2. The number of rotatable bonds is 8. The average molecular weight is 439 g/mol. The number of nitrogens with one attached hydrogen (secondary N) is 1. The molecule has 0 radical (unpaired) electrons. The van der Waals surface area contributed by atoms with Crippen molar-refractivity contribution in [3.05, 3.63) is 63.8 Å². The highest BCUT2D eigenvalue weighted by Gasteiger charge is 2.19. The molecule has 0 saturated carbocycles. The summed E-state index contributed by atoms with van der Waals surface area (Å²) in [6.45, 7) is 5.58. The Kier molecular flexibility index (Phi) is 6.62. The fourth-order valence-electron chi connectivity index (χ4n) is 4.02. The van der Waals surface area contributed by atoms with E-state index in [9.17, 15) is 4.79 Å². The van der Waals surface area contributed by atoms with Crippen molar-refractivity contribution in [3.63, 3.8) is 0 Å². The molecule has 0 bridgehead atoms. The Balaban J connectivity index is 1.42. The van der Waals surface area contributed by atoms with Gasteiger partial charge in [-0.1, -0.05) is 23.7 Å². The Morgan fingerprint density at radius 3 is 2.68 bits per heavy atom. The highest BCUT2D eigenvalue weighted by molar-refractivity contribution is 6.36. The van der Waals surface area contributed by atoms with Crippen molar-refractivity contribution in [1.29, 1.82) is 0 Å². The van der Waals surface area contributed by atoms with E-state index >= 15 is 0 Å². The smallest absolute Gasteiger partial charge is 0.251 e. The second-order valence-electron chi connectivity index (χ2n) is 7.59. The summed E-state index contributed by atoms with van der Waals surface area (Å²) in [4.78, 5) is 17.4. The lowest BCUT2D eigenvalue weighted by atomic mass is 10.1. The van der Waals surface area contributed by atoms with Gasteiger partial charge in [0, 0.05) is 23.2 Å². The minimum atomic E-state index is -0.115. The normalized spacial score (nSPS) is 12.6. The fraction of sp³-hybridized carbons (Fsp3) is 0.360. The molecule has 2 aromatic carbocycles. The van der Waals surface area contributed by atoms with Gasteiger partial charge in [-0.25, -0.2) is 0 Å². The molecule has 1 N–H and O–H groups in total. The number of hydrogen-bond acceptors (Lipinski definition) is 4. The van der Waals surface area contributed by atoms with E-state index in [2.05, 4.69) is 5.32 Å². The van der Waals surface area contributed by atoms with Crippen LogP contribution in [0.25, 0.3) is 10.9 Å². The Morgan fingerprint density at radius 1 is 1.06 bits per heavy atom. The summed E-state index contributed by atoms with van der Waals surface area (Å²) in [5, 5.41) is 4.69. The maximum absolute atomic E-state index is 12.7. The van der Waals surface area contributed by atoms with Crippen LogP contribution in [0.1, 0.15) is 47.4 Å². The molecule has 1 aromatic heterocycles. The molecular formula is C25H27ClN2O3. The summed E-state index contributed by atoms with van der Waals surface area (Å²) in [5.41, 5.74) is 4.68. The predicted octanol–water partition coefficient (Wildman–Crippen LogP) is 5.15. The van der Waals surface area contributed by atoms with Gasteiger partial charge in [0.1, 0.15) is 0 Å². The predicted molar refractivity (Wildman–Crippen MR) is 124 cm³/mol. The first-order valence-corrected chi connectivity index (χ1v) is 11.3. The van der Waals surface area contributed by atoms with E-state index in [0.717, 1.165) is 63.5 Å². The number of nitrogens with zero attached hydrogens (tertiary/aromatic N) is 1. The van der Waals surface area contributed by atoms with Crippen molar-refractivity contribution in [1.82, 2.24) is 10.3 Å². The van der Waals surface area contributed by atoms with Gasteiger partial charge in [0.25, 0.3) is 5.91 Å². The minimum absolute atomic E-state index is 0.115. The molecule has 1 aliphatic carbocycles. The van der Waals surface area contributed by atoms with E-state index in [1.807, 2.05) is 50.2 Å². The molecule has 0 spiro atoms. The fourth-order valence-corrected chi connectivity index (χ4v) is 4.38. The van der Waals surface area contributed by atoms with E-state index < -0.39 is 0 Å². The molecule has 0 saturated heterocycles. The minimum Gasteiger partial charge on any atom is -0.490 e. The van der Waals surface area contributed by atoms with E-state index in [1.165, 1.54) is 0 Å². The summed E-state index contributed by atoms with van der Waals surface area (Å²) in [7, 11) is 0. The van der Waals surface area contributed by atoms with Crippen LogP contribution in [-0.2, 0) is 19.3 Å². The van der Waals surface area contributed by atoms with Gasteiger partial charge < -0.3 is 14.8 Å². The number of carbonyl (C=O) groups is 1. The third-order valence-corrected chi connectivity index (χ3v) is 5.94. The van der Waals surface area contributed by atoms with Crippen LogP contribution in [0.3, 0.4) is 0 Å². The zero-order valence-electron chi connectivity index (χ0n) is 18.0. The summed E-state index contributed by atoms with van der Waals surface area (Å²) >= 11 is 6.58. The summed E-state index contributed by atoms with van der Waals surface area (Å²) in [6.07, 6.45) is 3.72. The second kappa shape index (κ2) is 9.56. The SMILES string of the molecule is CCOc1ccc(CCNC(=O)c2ccc3c(Cl)c4c(nc3c2)CCC4)cc1OCC. The Labute approximate surface area is 187 Å². The molecule has 31 heavy (non-hydrogen) atoms. The number of aryl methyl sites for hydroxylation is 1. The summed E-state index contributed by atoms with van der Waals surface area (Å²) in [5.74, 6) is 1.36. The van der Waals surface area contributed by atoms with Gasteiger partial charge in [-0.05, 0) is 74.9 Å². The second-order valence-corrected chi connectivity index (χ2v) is 7.97. The number of halogens is 1. The molecule has 0 aliphatic heterocycles. The van der Waals surface area contributed by atoms with Crippen LogP contribution in [0.5, 0.6) is 11.5 Å². The average Bonchev–Trinajstić information content (AvgIpc) is 3.24. The molecule has 1 heterocycles. The largest absolute Gasteiger partial charge is 0.490 e. The van der Waals surface area contributed by atoms with Crippen molar-refractivity contribution in [3.8, 4) is 11.5 Å². The van der Waals surface area contributed by atoms with Crippen LogP contribution in [-0.4, -0.2) is 30.6 Å². The maximum Gasteiger partial charge on any atom is 0.251 e. The third kappa shape index (κ3) is 4.62. The third-order valence-electron chi connectivity index (χ3n) is 5.51. The number of fused-ring (bicyclic) bond motifs is 2. The Morgan fingerprint density at radius 2 is 1.87 bits per heavy atom. The number of hydrogen-bond donors (Lipinski definition) is 1.